The maximum atomic E-state index is 9.92. The molecule has 0 atom stereocenters. The predicted octanol–water partition coefficient (Wildman–Crippen LogP) is -0.497. The highest BCUT2D eigenvalue weighted by Crippen LogP contribution is 1.80. The van der Waals surface area contributed by atoms with Gasteiger partial charge >= 0.3 is 5.97 Å². The standard InChI is InChI=1S/C5H7NO3/c6-4(7)2-1-3-5(8)9/h1-2H,3H2,(H2,6,7)(H,8,9)/b2-1-. The van der Waals surface area contributed by atoms with E-state index in [0.29, 0.717) is 0 Å². The molecule has 50 valence electrons. The van der Waals surface area contributed by atoms with Crippen molar-refractivity contribution in [3.63, 3.8) is 0 Å². The van der Waals surface area contributed by atoms with Gasteiger partial charge in [0.05, 0.1) is 6.42 Å². The summed E-state index contributed by atoms with van der Waals surface area (Å²) >= 11 is 0. The highest BCUT2D eigenvalue weighted by atomic mass is 16.4. The van der Waals surface area contributed by atoms with E-state index in [2.05, 4.69) is 5.73 Å². The van der Waals surface area contributed by atoms with Gasteiger partial charge in [0.2, 0.25) is 5.91 Å². The molecule has 0 saturated carbocycles. The number of carbonyl (C=O) groups excluding carboxylic acids is 1. The summed E-state index contributed by atoms with van der Waals surface area (Å²) in [7, 11) is 0. The SMILES string of the molecule is NC(=O)/C=C\CC(=O)O. The Morgan fingerprint density at radius 1 is 1.56 bits per heavy atom. The van der Waals surface area contributed by atoms with Crippen LogP contribution in [0, 0.1) is 0 Å². The summed E-state index contributed by atoms with van der Waals surface area (Å²) in [6.45, 7) is 0. The Morgan fingerprint density at radius 2 is 2.11 bits per heavy atom. The van der Waals surface area contributed by atoms with Gasteiger partial charge in [-0.05, 0) is 6.08 Å². The summed E-state index contributed by atoms with van der Waals surface area (Å²) in [6, 6.07) is 0. The lowest BCUT2D eigenvalue weighted by Gasteiger charge is -1.80. The van der Waals surface area contributed by atoms with Crippen LogP contribution in [0.2, 0.25) is 0 Å². The smallest absolute Gasteiger partial charge is 0.307 e. The molecule has 0 aliphatic rings. The number of primary amides is 1. The minimum atomic E-state index is -0.979. The Labute approximate surface area is 52.0 Å². The largest absolute Gasteiger partial charge is 0.481 e. The Bertz CT molecular complexity index is 150. The van der Waals surface area contributed by atoms with Crippen LogP contribution in [0.3, 0.4) is 0 Å². The number of nitrogens with two attached hydrogens (primary N) is 1. The summed E-state index contributed by atoms with van der Waals surface area (Å²) in [5.74, 6) is -1.61. The Kier molecular flexibility index (Phi) is 3.12. The van der Waals surface area contributed by atoms with Gasteiger partial charge in [-0.3, -0.25) is 9.59 Å². The van der Waals surface area contributed by atoms with Gasteiger partial charge in [0.15, 0.2) is 0 Å². The summed E-state index contributed by atoms with van der Waals surface area (Å²) in [6.07, 6.45) is 2.06. The van der Waals surface area contributed by atoms with Crippen molar-refractivity contribution in [3.8, 4) is 0 Å². The first-order valence-corrected chi connectivity index (χ1v) is 2.30. The first-order valence-electron chi connectivity index (χ1n) is 2.30. The van der Waals surface area contributed by atoms with E-state index >= 15 is 0 Å². The molecule has 0 rings (SSSR count). The molecule has 0 aromatic heterocycles. The summed E-state index contributed by atoms with van der Waals surface area (Å²) in [5.41, 5.74) is 4.66. The van der Waals surface area contributed by atoms with Gasteiger partial charge in [-0.15, -0.1) is 0 Å². The van der Waals surface area contributed by atoms with Crippen molar-refractivity contribution in [1.82, 2.24) is 0 Å². The number of hydrogen-bond acceptors (Lipinski definition) is 2. The lowest BCUT2D eigenvalue weighted by Crippen LogP contribution is -2.05. The second kappa shape index (κ2) is 3.65. The lowest BCUT2D eigenvalue weighted by molar-refractivity contribution is -0.135. The summed E-state index contributed by atoms with van der Waals surface area (Å²) < 4.78 is 0. The highest BCUT2D eigenvalue weighted by Gasteiger charge is 1.89. The third kappa shape index (κ3) is 6.68. The third-order valence-electron chi connectivity index (χ3n) is 0.575. The number of rotatable bonds is 3. The zero-order valence-corrected chi connectivity index (χ0v) is 4.70. The molecule has 1 amide bonds. The molecule has 0 bridgehead atoms. The van der Waals surface area contributed by atoms with Crippen LogP contribution in [-0.2, 0) is 9.59 Å². The van der Waals surface area contributed by atoms with Crippen LogP contribution in [0.15, 0.2) is 12.2 Å². The van der Waals surface area contributed by atoms with Crippen molar-refractivity contribution < 1.29 is 14.7 Å². The number of carboxylic acids is 1. The van der Waals surface area contributed by atoms with Gasteiger partial charge in [0, 0.05) is 0 Å². The van der Waals surface area contributed by atoms with Gasteiger partial charge in [0.25, 0.3) is 0 Å². The van der Waals surface area contributed by atoms with Gasteiger partial charge < -0.3 is 10.8 Å². The summed E-state index contributed by atoms with van der Waals surface area (Å²) in [5, 5.41) is 8.02. The first-order chi connectivity index (χ1) is 4.13. The Hall–Kier alpha value is -1.32. The first kappa shape index (κ1) is 7.68. The average Bonchev–Trinajstić information content (AvgIpc) is 1.63. The van der Waals surface area contributed by atoms with E-state index in [1.54, 1.807) is 0 Å². The van der Waals surface area contributed by atoms with Crippen molar-refractivity contribution in [2.24, 2.45) is 5.73 Å². The molecule has 9 heavy (non-hydrogen) atoms. The molecule has 4 heteroatoms. The minimum Gasteiger partial charge on any atom is -0.481 e. The molecular formula is C5H7NO3. The number of hydrogen-bond donors (Lipinski definition) is 2. The minimum absolute atomic E-state index is 0.164. The number of amides is 1. The Morgan fingerprint density at radius 3 is 2.44 bits per heavy atom. The van der Waals surface area contributed by atoms with Crippen molar-refractivity contribution in [3.05, 3.63) is 12.2 Å². The van der Waals surface area contributed by atoms with E-state index in [1.165, 1.54) is 6.08 Å². The molecule has 0 aromatic rings. The van der Waals surface area contributed by atoms with Crippen LogP contribution < -0.4 is 5.73 Å². The molecule has 0 spiro atoms. The molecule has 0 aliphatic carbocycles. The maximum absolute atomic E-state index is 9.92. The fourth-order valence-corrected chi connectivity index (χ4v) is 0.276. The van der Waals surface area contributed by atoms with E-state index in [4.69, 9.17) is 5.11 Å². The summed E-state index contributed by atoms with van der Waals surface area (Å²) in [4.78, 5) is 19.7. The molecular weight excluding hydrogens is 122 g/mol. The maximum Gasteiger partial charge on any atom is 0.307 e. The molecule has 0 saturated heterocycles. The van der Waals surface area contributed by atoms with Crippen molar-refractivity contribution in [1.29, 1.82) is 0 Å². The molecule has 0 aliphatic heterocycles. The van der Waals surface area contributed by atoms with Crippen LogP contribution >= 0.6 is 0 Å². The predicted molar refractivity (Wildman–Crippen MR) is 30.6 cm³/mol. The Balaban J connectivity index is 3.48. The monoisotopic (exact) mass is 129 g/mol. The molecule has 0 aromatic carbocycles. The zero-order valence-electron chi connectivity index (χ0n) is 4.70. The van der Waals surface area contributed by atoms with E-state index in [-0.39, 0.29) is 6.42 Å². The quantitative estimate of drug-likeness (QED) is 0.504. The van der Waals surface area contributed by atoms with Crippen LogP contribution in [0.4, 0.5) is 0 Å². The second-order valence-electron chi connectivity index (χ2n) is 1.40. The molecule has 4 nitrogen and oxygen atoms in total. The van der Waals surface area contributed by atoms with Crippen LogP contribution in [0.1, 0.15) is 6.42 Å². The van der Waals surface area contributed by atoms with E-state index in [0.717, 1.165) is 6.08 Å². The van der Waals surface area contributed by atoms with E-state index in [9.17, 15) is 9.59 Å². The second-order valence-corrected chi connectivity index (χ2v) is 1.40. The van der Waals surface area contributed by atoms with Crippen molar-refractivity contribution >= 4 is 11.9 Å². The van der Waals surface area contributed by atoms with Gasteiger partial charge in [-0.1, -0.05) is 6.08 Å². The topological polar surface area (TPSA) is 80.4 Å². The van der Waals surface area contributed by atoms with Crippen LogP contribution in [-0.4, -0.2) is 17.0 Å². The fraction of sp³-hybridized carbons (Fsp3) is 0.200. The molecule has 0 unspecified atom stereocenters. The lowest BCUT2D eigenvalue weighted by atomic mass is 10.4. The fourth-order valence-electron chi connectivity index (χ4n) is 0.276. The van der Waals surface area contributed by atoms with E-state index < -0.39 is 11.9 Å². The van der Waals surface area contributed by atoms with Gasteiger partial charge in [0.1, 0.15) is 0 Å². The van der Waals surface area contributed by atoms with Crippen LogP contribution in [0.5, 0.6) is 0 Å². The number of carbonyl (C=O) groups is 2. The highest BCUT2D eigenvalue weighted by molar-refractivity contribution is 5.86. The third-order valence-corrected chi connectivity index (χ3v) is 0.575. The van der Waals surface area contributed by atoms with Gasteiger partial charge in [-0.2, -0.15) is 0 Å². The normalized spacial score (nSPS) is 9.78. The molecule has 3 N–H and O–H groups in total. The zero-order chi connectivity index (χ0) is 7.28. The number of aliphatic carboxylic acids is 1. The molecule has 0 radical (unpaired) electrons. The van der Waals surface area contributed by atoms with Crippen molar-refractivity contribution in [2.45, 2.75) is 6.42 Å². The van der Waals surface area contributed by atoms with Crippen molar-refractivity contribution in [2.75, 3.05) is 0 Å². The molecule has 0 heterocycles. The molecule has 0 fully saturated rings. The van der Waals surface area contributed by atoms with E-state index in [1.807, 2.05) is 0 Å². The number of carboxylic acid groups (broad SMARTS) is 1. The van der Waals surface area contributed by atoms with Crippen LogP contribution in [0.25, 0.3) is 0 Å². The average molecular weight is 129 g/mol. The van der Waals surface area contributed by atoms with Gasteiger partial charge in [-0.25, -0.2) is 0 Å².